The summed E-state index contributed by atoms with van der Waals surface area (Å²) in [7, 11) is 2.54. The smallest absolute Gasteiger partial charge is 0.348 e. The van der Waals surface area contributed by atoms with E-state index in [1.54, 1.807) is 6.07 Å². The monoisotopic (exact) mass is 355 g/mol. The molecule has 0 radical (unpaired) electrons. The van der Waals surface area contributed by atoms with Crippen LogP contribution in [0.1, 0.15) is 15.9 Å². The van der Waals surface area contributed by atoms with Crippen molar-refractivity contribution < 1.29 is 28.2 Å². The average Bonchev–Trinajstić information content (AvgIpc) is 2.66. The largest absolute Gasteiger partial charge is 0.493 e. The van der Waals surface area contributed by atoms with Crippen molar-refractivity contribution in [1.29, 1.82) is 5.26 Å². The van der Waals surface area contributed by atoms with E-state index in [1.165, 1.54) is 56.7 Å². The van der Waals surface area contributed by atoms with E-state index in [1.807, 2.05) is 0 Å². The van der Waals surface area contributed by atoms with Gasteiger partial charge in [-0.3, -0.25) is 0 Å². The van der Waals surface area contributed by atoms with Crippen molar-refractivity contribution in [2.24, 2.45) is 0 Å². The lowest BCUT2D eigenvalue weighted by molar-refractivity contribution is -0.135. The first-order valence-electron chi connectivity index (χ1n) is 7.34. The molecule has 0 bridgehead atoms. The number of carbonyl (C=O) groups is 2. The fourth-order valence-corrected chi connectivity index (χ4v) is 2.05. The van der Waals surface area contributed by atoms with Crippen LogP contribution in [0.15, 0.2) is 48.0 Å². The summed E-state index contributed by atoms with van der Waals surface area (Å²) >= 11 is 0. The fourth-order valence-electron chi connectivity index (χ4n) is 2.05. The van der Waals surface area contributed by atoms with E-state index in [4.69, 9.17) is 14.7 Å². The van der Waals surface area contributed by atoms with Gasteiger partial charge in [-0.2, -0.15) is 5.26 Å². The highest BCUT2D eigenvalue weighted by Gasteiger charge is 2.14. The molecule has 26 heavy (non-hydrogen) atoms. The summed E-state index contributed by atoms with van der Waals surface area (Å²) in [5.74, 6) is -1.77. The average molecular weight is 355 g/mol. The number of ether oxygens (including phenoxy) is 3. The molecule has 0 aromatic heterocycles. The first-order valence-corrected chi connectivity index (χ1v) is 7.34. The Balaban J connectivity index is 2.29. The number of hydrogen-bond acceptors (Lipinski definition) is 6. The number of rotatable bonds is 5. The minimum atomic E-state index is -0.770. The van der Waals surface area contributed by atoms with Crippen LogP contribution in [-0.4, -0.2) is 26.2 Å². The predicted octanol–water partition coefficient (Wildman–Crippen LogP) is 3.13. The highest BCUT2D eigenvalue weighted by molar-refractivity contribution is 5.98. The minimum absolute atomic E-state index is 0.0495. The van der Waals surface area contributed by atoms with Crippen molar-refractivity contribution in [3.05, 3.63) is 65.0 Å². The van der Waals surface area contributed by atoms with Gasteiger partial charge in [0.05, 0.1) is 19.8 Å². The van der Waals surface area contributed by atoms with Gasteiger partial charge < -0.3 is 14.2 Å². The summed E-state index contributed by atoms with van der Waals surface area (Å²) in [5.41, 5.74) is 0.321. The van der Waals surface area contributed by atoms with Crippen molar-refractivity contribution in [2.45, 2.75) is 0 Å². The van der Waals surface area contributed by atoms with Crippen molar-refractivity contribution in [2.75, 3.05) is 14.2 Å². The molecule has 7 heteroatoms. The molecule has 0 aliphatic heterocycles. The lowest BCUT2D eigenvalue weighted by Gasteiger charge is -2.10. The van der Waals surface area contributed by atoms with Crippen LogP contribution in [0, 0.1) is 17.1 Å². The lowest BCUT2D eigenvalue weighted by atomic mass is 10.1. The quantitative estimate of drug-likeness (QED) is 0.354. The standard InChI is InChI=1S/C19H14FNO5/c1-24-17-9-12(8-14(11-21)18(22)25-2)6-7-16(17)26-19(23)13-4-3-5-15(20)10-13/h3-10H,1-2H3/b14-8+. The van der Waals surface area contributed by atoms with E-state index in [0.29, 0.717) is 5.56 Å². The molecule has 0 atom stereocenters. The highest BCUT2D eigenvalue weighted by atomic mass is 19.1. The molecule has 2 aromatic carbocycles. The number of halogens is 1. The van der Waals surface area contributed by atoms with Gasteiger partial charge in [0.1, 0.15) is 17.5 Å². The molecular formula is C19H14FNO5. The maximum Gasteiger partial charge on any atom is 0.348 e. The van der Waals surface area contributed by atoms with Crippen molar-refractivity contribution in [1.82, 2.24) is 0 Å². The summed E-state index contributed by atoms with van der Waals surface area (Å²) in [6.07, 6.45) is 1.31. The van der Waals surface area contributed by atoms with Gasteiger partial charge in [0, 0.05) is 0 Å². The van der Waals surface area contributed by atoms with Crippen LogP contribution in [0.4, 0.5) is 4.39 Å². The van der Waals surface area contributed by atoms with Gasteiger partial charge in [-0.25, -0.2) is 14.0 Å². The molecule has 0 heterocycles. The fraction of sp³-hybridized carbons (Fsp3) is 0.105. The Hall–Kier alpha value is -3.66. The number of benzene rings is 2. The molecule has 0 saturated heterocycles. The lowest BCUT2D eigenvalue weighted by Crippen LogP contribution is -2.09. The van der Waals surface area contributed by atoms with Crippen LogP contribution < -0.4 is 9.47 Å². The van der Waals surface area contributed by atoms with Gasteiger partial charge >= 0.3 is 11.9 Å². The normalized spacial score (nSPS) is 10.6. The Morgan fingerprint density at radius 3 is 2.50 bits per heavy atom. The third kappa shape index (κ3) is 4.45. The van der Waals surface area contributed by atoms with Crippen LogP contribution in [0.2, 0.25) is 0 Å². The molecule has 0 N–H and O–H groups in total. The van der Waals surface area contributed by atoms with Crippen LogP contribution in [0.5, 0.6) is 11.5 Å². The Labute approximate surface area is 149 Å². The Kier molecular flexibility index (Phi) is 6.06. The number of methoxy groups -OCH3 is 2. The van der Waals surface area contributed by atoms with Gasteiger partial charge in [0.25, 0.3) is 0 Å². The summed E-state index contributed by atoms with van der Waals surface area (Å²) < 4.78 is 28.1. The zero-order valence-corrected chi connectivity index (χ0v) is 14.0. The van der Waals surface area contributed by atoms with E-state index in [0.717, 1.165) is 6.07 Å². The summed E-state index contributed by atoms with van der Waals surface area (Å²) in [5, 5.41) is 8.99. The van der Waals surface area contributed by atoms with E-state index < -0.39 is 17.8 Å². The van der Waals surface area contributed by atoms with Gasteiger partial charge in [0.2, 0.25) is 0 Å². The SMILES string of the molecule is COC(=O)/C(C#N)=C/c1ccc(OC(=O)c2cccc(F)c2)c(OC)c1. The van der Waals surface area contributed by atoms with E-state index in [-0.39, 0.29) is 22.6 Å². The summed E-state index contributed by atoms with van der Waals surface area (Å²) in [6.45, 7) is 0. The minimum Gasteiger partial charge on any atom is -0.493 e. The zero-order chi connectivity index (χ0) is 19.1. The van der Waals surface area contributed by atoms with Crippen molar-refractivity contribution in [3.63, 3.8) is 0 Å². The molecule has 0 fully saturated rings. The molecule has 6 nitrogen and oxygen atoms in total. The number of nitriles is 1. The summed E-state index contributed by atoms with van der Waals surface area (Å²) in [4.78, 5) is 23.6. The first-order chi connectivity index (χ1) is 12.5. The van der Waals surface area contributed by atoms with Crippen LogP contribution in [0.25, 0.3) is 6.08 Å². The highest BCUT2D eigenvalue weighted by Crippen LogP contribution is 2.29. The van der Waals surface area contributed by atoms with Crippen LogP contribution in [0.3, 0.4) is 0 Å². The summed E-state index contributed by atoms with van der Waals surface area (Å²) in [6, 6.07) is 11.3. The molecule has 0 aliphatic carbocycles. The van der Waals surface area contributed by atoms with Gasteiger partial charge in [-0.05, 0) is 42.0 Å². The van der Waals surface area contributed by atoms with Crippen molar-refractivity contribution in [3.8, 4) is 17.6 Å². The van der Waals surface area contributed by atoms with Gasteiger partial charge in [-0.1, -0.05) is 12.1 Å². The molecule has 132 valence electrons. The maximum atomic E-state index is 13.2. The first kappa shape index (κ1) is 18.7. The Bertz CT molecular complexity index is 914. The van der Waals surface area contributed by atoms with Gasteiger partial charge in [0.15, 0.2) is 11.5 Å². The molecule has 0 amide bonds. The number of nitrogens with zero attached hydrogens (tertiary/aromatic N) is 1. The molecule has 2 rings (SSSR count). The molecule has 0 spiro atoms. The molecule has 2 aromatic rings. The second kappa shape index (κ2) is 8.44. The maximum absolute atomic E-state index is 13.2. The zero-order valence-electron chi connectivity index (χ0n) is 14.0. The predicted molar refractivity (Wildman–Crippen MR) is 90.0 cm³/mol. The number of esters is 2. The van der Waals surface area contributed by atoms with E-state index >= 15 is 0 Å². The number of hydrogen-bond donors (Lipinski definition) is 0. The Morgan fingerprint density at radius 1 is 1.12 bits per heavy atom. The molecule has 0 unspecified atom stereocenters. The molecule has 0 aliphatic rings. The van der Waals surface area contributed by atoms with Crippen LogP contribution >= 0.6 is 0 Å². The van der Waals surface area contributed by atoms with Crippen molar-refractivity contribution >= 4 is 18.0 Å². The van der Waals surface area contributed by atoms with Gasteiger partial charge in [-0.15, -0.1) is 0 Å². The molecular weight excluding hydrogens is 341 g/mol. The third-order valence-corrected chi connectivity index (χ3v) is 3.29. The third-order valence-electron chi connectivity index (χ3n) is 3.29. The topological polar surface area (TPSA) is 85.6 Å². The second-order valence-electron chi connectivity index (χ2n) is 4.97. The number of carbonyl (C=O) groups excluding carboxylic acids is 2. The second-order valence-corrected chi connectivity index (χ2v) is 4.97. The Morgan fingerprint density at radius 2 is 1.88 bits per heavy atom. The van der Waals surface area contributed by atoms with E-state index in [2.05, 4.69) is 4.74 Å². The molecule has 0 saturated carbocycles. The van der Waals surface area contributed by atoms with E-state index in [9.17, 15) is 14.0 Å². The van der Waals surface area contributed by atoms with Crippen LogP contribution in [-0.2, 0) is 9.53 Å².